The van der Waals surface area contributed by atoms with Crippen LogP contribution in [-0.2, 0) is 25.9 Å². The van der Waals surface area contributed by atoms with Crippen molar-refractivity contribution in [1.82, 2.24) is 30.0 Å². The minimum atomic E-state index is 0. The average molecular weight is 520 g/mol. The van der Waals surface area contributed by atoms with E-state index in [2.05, 4.69) is 25.7 Å². The zero-order valence-electron chi connectivity index (χ0n) is 16.0. The lowest BCUT2D eigenvalue weighted by Crippen LogP contribution is -2.39. The highest BCUT2D eigenvalue weighted by Crippen LogP contribution is 2.09. The first-order chi connectivity index (χ1) is 13.2. The predicted octanol–water partition coefficient (Wildman–Crippen LogP) is 1.85. The Labute approximate surface area is 186 Å². The predicted molar refractivity (Wildman–Crippen MR) is 122 cm³/mol. The van der Waals surface area contributed by atoms with E-state index < -0.39 is 0 Å². The number of halogens is 2. The van der Waals surface area contributed by atoms with Gasteiger partial charge in [0.25, 0.3) is 0 Å². The van der Waals surface area contributed by atoms with Crippen molar-refractivity contribution in [1.29, 1.82) is 0 Å². The summed E-state index contributed by atoms with van der Waals surface area (Å²) in [6.45, 7) is 2.87. The number of aryl methyl sites for hydroxylation is 2. The molecule has 0 amide bonds. The van der Waals surface area contributed by atoms with E-state index in [9.17, 15) is 4.79 Å². The van der Waals surface area contributed by atoms with E-state index in [0.717, 1.165) is 69.1 Å². The van der Waals surface area contributed by atoms with Gasteiger partial charge in [0.05, 0.1) is 0 Å². The monoisotopic (exact) mass is 519 g/mol. The van der Waals surface area contributed by atoms with E-state index in [1.54, 1.807) is 24.0 Å². The topological polar surface area (TPSA) is 89.1 Å². The number of nitrogens with zero attached hydrogens (tertiary/aromatic N) is 5. The van der Waals surface area contributed by atoms with Crippen molar-refractivity contribution in [3.63, 3.8) is 0 Å². The van der Waals surface area contributed by atoms with Gasteiger partial charge in [-0.3, -0.25) is 9.56 Å². The third-order valence-electron chi connectivity index (χ3n) is 4.59. The summed E-state index contributed by atoms with van der Waals surface area (Å²) in [6.07, 6.45) is 6.50. The number of hydrogen-bond acceptors (Lipinski definition) is 4. The molecule has 8 nitrogen and oxygen atoms in total. The van der Waals surface area contributed by atoms with Gasteiger partial charge in [-0.05, 0) is 37.3 Å². The van der Waals surface area contributed by atoms with Crippen LogP contribution in [0.1, 0.15) is 30.7 Å². The van der Waals surface area contributed by atoms with Crippen molar-refractivity contribution in [3.05, 3.63) is 45.4 Å². The Morgan fingerprint density at radius 3 is 2.82 bits per heavy atom. The first kappa shape index (κ1) is 22.7. The van der Waals surface area contributed by atoms with Crippen LogP contribution in [0.2, 0.25) is 5.15 Å². The van der Waals surface area contributed by atoms with Gasteiger partial charge >= 0.3 is 5.69 Å². The van der Waals surface area contributed by atoms with Gasteiger partial charge in [0, 0.05) is 45.8 Å². The molecule has 2 aromatic heterocycles. The molecule has 0 bridgehead atoms. The first-order valence-electron chi connectivity index (χ1n) is 9.39. The fourth-order valence-corrected chi connectivity index (χ4v) is 3.24. The Bertz CT molecular complexity index is 831. The molecule has 1 aliphatic heterocycles. The van der Waals surface area contributed by atoms with Crippen molar-refractivity contribution in [2.24, 2.45) is 4.99 Å². The molecule has 154 valence electrons. The van der Waals surface area contributed by atoms with Gasteiger partial charge in [-0.2, -0.15) is 5.10 Å². The third-order valence-corrected chi connectivity index (χ3v) is 4.81. The number of hydrogen-bond donors (Lipinski definition) is 2. The standard InChI is InChI=1S/C18H26ClN7O.HI/c1-20-17(22-10-8-14-6-7-15(19)23-13-14)21-9-4-12-26-18(27)25-11-3-2-5-16(25)24-26;/h6-7,13H,2-5,8-12H2,1H3,(H2,20,21,22);1H. The molecular formula is C18H27ClIN7O. The number of guanidine groups is 1. The number of nitrogens with one attached hydrogen (secondary N) is 2. The minimum Gasteiger partial charge on any atom is -0.356 e. The van der Waals surface area contributed by atoms with Crippen molar-refractivity contribution in [3.8, 4) is 0 Å². The summed E-state index contributed by atoms with van der Waals surface area (Å²) in [5.74, 6) is 1.67. The van der Waals surface area contributed by atoms with E-state index in [1.165, 1.54) is 0 Å². The Morgan fingerprint density at radius 1 is 1.29 bits per heavy atom. The number of aliphatic imine (C=N–C) groups is 1. The van der Waals surface area contributed by atoms with Crippen LogP contribution in [0.25, 0.3) is 0 Å². The van der Waals surface area contributed by atoms with Crippen molar-refractivity contribution >= 4 is 41.5 Å². The second-order valence-electron chi connectivity index (χ2n) is 6.55. The molecule has 0 saturated heterocycles. The molecule has 2 aromatic rings. The third kappa shape index (κ3) is 6.20. The Kier molecular flexibility index (Phi) is 9.23. The largest absolute Gasteiger partial charge is 0.356 e. The lowest BCUT2D eigenvalue weighted by Gasteiger charge is -2.11. The highest BCUT2D eigenvalue weighted by atomic mass is 127. The number of pyridine rings is 1. The molecule has 0 atom stereocenters. The molecule has 1 aliphatic rings. The van der Waals surface area contributed by atoms with Crippen molar-refractivity contribution in [2.75, 3.05) is 20.1 Å². The molecule has 2 N–H and O–H groups in total. The number of aromatic nitrogens is 4. The van der Waals surface area contributed by atoms with Gasteiger partial charge < -0.3 is 10.6 Å². The van der Waals surface area contributed by atoms with Gasteiger partial charge in [0.15, 0.2) is 5.96 Å². The summed E-state index contributed by atoms with van der Waals surface area (Å²) in [7, 11) is 1.74. The van der Waals surface area contributed by atoms with Crippen LogP contribution in [0.3, 0.4) is 0 Å². The summed E-state index contributed by atoms with van der Waals surface area (Å²) in [6, 6.07) is 3.76. The van der Waals surface area contributed by atoms with E-state index in [4.69, 9.17) is 11.6 Å². The number of fused-ring (bicyclic) bond motifs is 1. The maximum Gasteiger partial charge on any atom is 0.345 e. The molecule has 28 heavy (non-hydrogen) atoms. The van der Waals surface area contributed by atoms with Gasteiger partial charge in [-0.1, -0.05) is 17.7 Å². The zero-order valence-corrected chi connectivity index (χ0v) is 19.1. The van der Waals surface area contributed by atoms with Gasteiger partial charge in [-0.15, -0.1) is 24.0 Å². The summed E-state index contributed by atoms with van der Waals surface area (Å²) >= 11 is 5.79. The average Bonchev–Trinajstić information content (AvgIpc) is 3.01. The van der Waals surface area contributed by atoms with E-state index in [-0.39, 0.29) is 29.7 Å². The highest BCUT2D eigenvalue weighted by molar-refractivity contribution is 14.0. The summed E-state index contributed by atoms with van der Waals surface area (Å²) < 4.78 is 3.40. The molecule has 0 unspecified atom stereocenters. The van der Waals surface area contributed by atoms with Crippen molar-refractivity contribution in [2.45, 2.75) is 45.2 Å². The van der Waals surface area contributed by atoms with E-state index in [0.29, 0.717) is 11.7 Å². The summed E-state index contributed by atoms with van der Waals surface area (Å²) in [5.41, 5.74) is 1.13. The molecular weight excluding hydrogens is 493 g/mol. The maximum atomic E-state index is 12.3. The molecule has 0 spiro atoms. The van der Waals surface area contributed by atoms with Crippen LogP contribution in [0, 0.1) is 0 Å². The molecule has 0 aliphatic carbocycles. The molecule has 0 aromatic carbocycles. The van der Waals surface area contributed by atoms with Crippen LogP contribution in [0.4, 0.5) is 0 Å². The molecule has 3 rings (SSSR count). The van der Waals surface area contributed by atoms with Gasteiger partial charge in [-0.25, -0.2) is 14.5 Å². The normalized spacial score (nSPS) is 13.6. The van der Waals surface area contributed by atoms with Crippen LogP contribution < -0.4 is 16.3 Å². The van der Waals surface area contributed by atoms with Crippen LogP contribution in [0.15, 0.2) is 28.1 Å². The van der Waals surface area contributed by atoms with Crippen LogP contribution >= 0.6 is 35.6 Å². The molecule has 0 radical (unpaired) electrons. The van der Waals surface area contributed by atoms with Gasteiger partial charge in [0.1, 0.15) is 11.0 Å². The maximum absolute atomic E-state index is 12.3. The second-order valence-corrected chi connectivity index (χ2v) is 6.94. The van der Waals surface area contributed by atoms with Crippen LogP contribution in [-0.4, -0.2) is 45.4 Å². The van der Waals surface area contributed by atoms with Crippen LogP contribution in [0.5, 0.6) is 0 Å². The second kappa shape index (κ2) is 11.4. The fourth-order valence-electron chi connectivity index (χ4n) is 3.13. The smallest absolute Gasteiger partial charge is 0.345 e. The fraction of sp³-hybridized carbons (Fsp3) is 0.556. The summed E-state index contributed by atoms with van der Waals surface area (Å²) in [4.78, 5) is 20.6. The lowest BCUT2D eigenvalue weighted by molar-refractivity contribution is 0.509. The van der Waals surface area contributed by atoms with E-state index in [1.807, 2.05) is 10.6 Å². The molecule has 10 heteroatoms. The Morgan fingerprint density at radius 2 is 2.11 bits per heavy atom. The Balaban J connectivity index is 0.00000280. The molecule has 3 heterocycles. The highest BCUT2D eigenvalue weighted by Gasteiger charge is 2.16. The van der Waals surface area contributed by atoms with E-state index >= 15 is 0 Å². The lowest BCUT2D eigenvalue weighted by atomic mass is 10.2. The quantitative estimate of drug-likeness (QED) is 0.192. The number of rotatable bonds is 7. The van der Waals surface area contributed by atoms with Crippen molar-refractivity contribution < 1.29 is 0 Å². The Hall–Kier alpha value is -1.62. The zero-order chi connectivity index (χ0) is 19.1. The SMILES string of the molecule is CN=C(NCCCn1nc2n(c1=O)CCCC2)NCCc1ccc(Cl)nc1.I. The minimum absolute atomic E-state index is 0. The molecule has 0 fully saturated rings. The summed E-state index contributed by atoms with van der Waals surface area (Å²) in [5, 5.41) is 11.5. The first-order valence-corrected chi connectivity index (χ1v) is 9.76. The molecule has 0 saturated carbocycles. The van der Waals surface area contributed by atoms with Gasteiger partial charge in [0.2, 0.25) is 0 Å².